The van der Waals surface area contributed by atoms with Crippen molar-refractivity contribution in [1.29, 1.82) is 0 Å². The van der Waals surface area contributed by atoms with Gasteiger partial charge in [-0.3, -0.25) is 4.79 Å². The van der Waals surface area contributed by atoms with Gasteiger partial charge >= 0.3 is 0 Å². The summed E-state index contributed by atoms with van der Waals surface area (Å²) in [6.45, 7) is 3.04. The lowest BCUT2D eigenvalue weighted by Crippen LogP contribution is -2.54. The van der Waals surface area contributed by atoms with Gasteiger partial charge in [-0.1, -0.05) is 28.1 Å². The molecule has 7 heteroatoms. The lowest BCUT2D eigenvalue weighted by Gasteiger charge is -2.31. The second-order valence-corrected chi connectivity index (χ2v) is 7.77. The minimum absolute atomic E-state index is 0.183. The number of nitrogens with one attached hydrogen (secondary N) is 1. The number of benzene rings is 1. The maximum absolute atomic E-state index is 12.5. The maximum Gasteiger partial charge on any atom is 0.246 e. The van der Waals surface area contributed by atoms with Gasteiger partial charge in [-0.25, -0.2) is 4.98 Å². The third-order valence-corrected chi connectivity index (χ3v) is 5.39. The third-order valence-electron chi connectivity index (χ3n) is 3.97. The fraction of sp³-hybridized carbons (Fsp3) is 0.375. The molecule has 0 saturated carbocycles. The molecule has 1 aromatic heterocycles. The molecular formula is C16H18BrN3O2S. The van der Waals surface area contributed by atoms with Crippen LogP contribution in [-0.4, -0.2) is 29.6 Å². The van der Waals surface area contributed by atoms with Crippen LogP contribution in [0.15, 0.2) is 28.7 Å². The Morgan fingerprint density at radius 2 is 2.00 bits per heavy atom. The molecule has 23 heavy (non-hydrogen) atoms. The summed E-state index contributed by atoms with van der Waals surface area (Å²) in [7, 11) is 0. The second-order valence-electron chi connectivity index (χ2n) is 5.65. The molecule has 122 valence electrons. The number of nitrogens with zero attached hydrogens (tertiary/aromatic N) is 1. The molecule has 0 aliphatic carbocycles. The summed E-state index contributed by atoms with van der Waals surface area (Å²) in [5, 5.41) is 3.46. The van der Waals surface area contributed by atoms with Crippen molar-refractivity contribution in [3.8, 4) is 11.3 Å². The van der Waals surface area contributed by atoms with Crippen molar-refractivity contribution >= 4 is 38.3 Å². The number of carbonyl (C=O) groups excluding carboxylic acids is 1. The molecule has 1 aliphatic heterocycles. The van der Waals surface area contributed by atoms with E-state index in [-0.39, 0.29) is 5.91 Å². The molecule has 0 radical (unpaired) electrons. The Hall–Kier alpha value is -1.28. The molecule has 2 heterocycles. The molecular weight excluding hydrogens is 378 g/mol. The first-order valence-corrected chi connectivity index (χ1v) is 9.00. The van der Waals surface area contributed by atoms with E-state index in [1.807, 2.05) is 31.2 Å². The van der Waals surface area contributed by atoms with Crippen molar-refractivity contribution in [3.63, 3.8) is 0 Å². The van der Waals surface area contributed by atoms with Gasteiger partial charge in [0, 0.05) is 28.1 Å². The van der Waals surface area contributed by atoms with E-state index in [2.05, 4.69) is 26.2 Å². The first-order chi connectivity index (χ1) is 11.0. The summed E-state index contributed by atoms with van der Waals surface area (Å²) in [6.07, 6.45) is 1.06. The molecule has 1 amide bonds. The highest BCUT2D eigenvalue weighted by molar-refractivity contribution is 9.10. The van der Waals surface area contributed by atoms with E-state index in [4.69, 9.17) is 10.5 Å². The number of hydrogen-bond acceptors (Lipinski definition) is 5. The Bertz CT molecular complexity index is 709. The second kappa shape index (κ2) is 6.68. The van der Waals surface area contributed by atoms with Gasteiger partial charge in [0.2, 0.25) is 5.91 Å². The van der Waals surface area contributed by atoms with Crippen molar-refractivity contribution < 1.29 is 9.53 Å². The summed E-state index contributed by atoms with van der Waals surface area (Å²) in [6, 6.07) is 7.95. The molecule has 0 spiro atoms. The monoisotopic (exact) mass is 395 g/mol. The van der Waals surface area contributed by atoms with Gasteiger partial charge in [0.05, 0.1) is 5.69 Å². The molecule has 3 N–H and O–H groups in total. The van der Waals surface area contributed by atoms with E-state index in [1.54, 1.807) is 0 Å². The van der Waals surface area contributed by atoms with E-state index in [1.165, 1.54) is 11.3 Å². The van der Waals surface area contributed by atoms with Crippen LogP contribution in [0.3, 0.4) is 0 Å². The smallest absolute Gasteiger partial charge is 0.246 e. The van der Waals surface area contributed by atoms with Crippen molar-refractivity contribution in [1.82, 2.24) is 4.98 Å². The van der Waals surface area contributed by atoms with Crippen LogP contribution in [0.1, 0.15) is 17.7 Å². The van der Waals surface area contributed by atoms with Crippen LogP contribution in [0.5, 0.6) is 0 Å². The molecule has 1 saturated heterocycles. The molecule has 1 aromatic carbocycles. The third kappa shape index (κ3) is 3.63. The van der Waals surface area contributed by atoms with Crippen LogP contribution in [-0.2, 0) is 9.53 Å². The van der Waals surface area contributed by atoms with Crippen LogP contribution < -0.4 is 11.1 Å². The van der Waals surface area contributed by atoms with E-state index in [0.717, 1.165) is 20.6 Å². The van der Waals surface area contributed by atoms with Crippen LogP contribution in [0.2, 0.25) is 0 Å². The minimum atomic E-state index is -0.865. The standard InChI is InChI=1S/C16H18BrN3O2S/c1-10-13(11-2-4-12(17)5-3-11)19-15(23-10)20-14(21)16(18)6-8-22-9-7-16/h2-5H,6-9,18H2,1H3,(H,19,20,21). The summed E-state index contributed by atoms with van der Waals surface area (Å²) >= 11 is 4.89. The number of hydrogen-bond donors (Lipinski definition) is 2. The first kappa shape index (κ1) is 16.6. The number of rotatable bonds is 3. The number of amides is 1. The summed E-state index contributed by atoms with van der Waals surface area (Å²) < 4.78 is 6.30. The number of anilines is 1. The lowest BCUT2D eigenvalue weighted by molar-refractivity contribution is -0.124. The number of aromatic nitrogens is 1. The Balaban J connectivity index is 1.78. The predicted octanol–water partition coefficient (Wildman–Crippen LogP) is 3.33. The molecule has 0 atom stereocenters. The van der Waals surface area contributed by atoms with Gasteiger partial charge < -0.3 is 15.8 Å². The van der Waals surface area contributed by atoms with Crippen LogP contribution in [0.4, 0.5) is 5.13 Å². The average molecular weight is 396 g/mol. The zero-order chi connectivity index (χ0) is 16.4. The van der Waals surface area contributed by atoms with Crippen LogP contribution >= 0.6 is 27.3 Å². The van der Waals surface area contributed by atoms with Gasteiger partial charge in [-0.2, -0.15) is 0 Å². The molecule has 3 rings (SSSR count). The van der Waals surface area contributed by atoms with Crippen molar-refractivity contribution in [2.75, 3.05) is 18.5 Å². The normalized spacial score (nSPS) is 17.0. The van der Waals surface area contributed by atoms with E-state index >= 15 is 0 Å². The van der Waals surface area contributed by atoms with E-state index in [9.17, 15) is 4.79 Å². The van der Waals surface area contributed by atoms with Crippen molar-refractivity contribution in [2.45, 2.75) is 25.3 Å². The minimum Gasteiger partial charge on any atom is -0.381 e. The zero-order valence-electron chi connectivity index (χ0n) is 12.8. The molecule has 1 aliphatic rings. The number of halogens is 1. The number of aryl methyl sites for hydroxylation is 1. The van der Waals surface area contributed by atoms with Gasteiger partial charge in [0.15, 0.2) is 5.13 Å². The van der Waals surface area contributed by atoms with Gasteiger partial charge in [-0.05, 0) is 31.9 Å². The Kier molecular flexibility index (Phi) is 4.82. The Morgan fingerprint density at radius 1 is 1.35 bits per heavy atom. The number of ether oxygens (including phenoxy) is 1. The Morgan fingerprint density at radius 3 is 2.65 bits per heavy atom. The SMILES string of the molecule is Cc1sc(NC(=O)C2(N)CCOCC2)nc1-c1ccc(Br)cc1. The molecule has 0 bridgehead atoms. The summed E-state index contributed by atoms with van der Waals surface area (Å²) in [5.41, 5.74) is 7.25. The number of nitrogens with two attached hydrogens (primary N) is 1. The van der Waals surface area contributed by atoms with Gasteiger partial charge in [-0.15, -0.1) is 11.3 Å². The Labute approximate surface area is 147 Å². The maximum atomic E-state index is 12.5. The molecule has 5 nitrogen and oxygen atoms in total. The van der Waals surface area contributed by atoms with E-state index < -0.39 is 5.54 Å². The largest absolute Gasteiger partial charge is 0.381 e. The molecule has 1 fully saturated rings. The predicted molar refractivity (Wildman–Crippen MR) is 95.6 cm³/mol. The topological polar surface area (TPSA) is 77.2 Å². The highest BCUT2D eigenvalue weighted by Crippen LogP contribution is 2.31. The highest BCUT2D eigenvalue weighted by Gasteiger charge is 2.36. The quantitative estimate of drug-likeness (QED) is 0.835. The number of carbonyl (C=O) groups is 1. The fourth-order valence-electron chi connectivity index (χ4n) is 2.51. The zero-order valence-corrected chi connectivity index (χ0v) is 15.2. The van der Waals surface area contributed by atoms with Gasteiger partial charge in [0.25, 0.3) is 0 Å². The molecule has 0 unspecified atom stereocenters. The molecule has 2 aromatic rings. The highest BCUT2D eigenvalue weighted by atomic mass is 79.9. The van der Waals surface area contributed by atoms with Crippen molar-refractivity contribution in [3.05, 3.63) is 33.6 Å². The fourth-order valence-corrected chi connectivity index (χ4v) is 3.60. The van der Waals surface area contributed by atoms with E-state index in [0.29, 0.717) is 31.2 Å². The van der Waals surface area contributed by atoms with Crippen molar-refractivity contribution in [2.24, 2.45) is 5.73 Å². The van der Waals surface area contributed by atoms with Gasteiger partial charge in [0.1, 0.15) is 5.54 Å². The first-order valence-electron chi connectivity index (χ1n) is 7.39. The van der Waals surface area contributed by atoms with Crippen LogP contribution in [0, 0.1) is 6.92 Å². The summed E-state index contributed by atoms with van der Waals surface area (Å²) in [4.78, 5) is 18.1. The summed E-state index contributed by atoms with van der Waals surface area (Å²) in [5.74, 6) is -0.183. The number of thiazole rings is 1. The average Bonchev–Trinajstić information content (AvgIpc) is 2.89. The lowest BCUT2D eigenvalue weighted by atomic mass is 9.90. The van der Waals surface area contributed by atoms with Crippen LogP contribution in [0.25, 0.3) is 11.3 Å².